The van der Waals surface area contributed by atoms with Gasteiger partial charge < -0.3 is 20.1 Å². The van der Waals surface area contributed by atoms with Crippen LogP contribution < -0.4 is 5.32 Å². The molecule has 1 aliphatic heterocycles. The van der Waals surface area contributed by atoms with Crippen molar-refractivity contribution < 1.29 is 9.84 Å². The Morgan fingerprint density at radius 2 is 1.93 bits per heavy atom. The molecule has 0 aromatic heterocycles. The monoisotopic (exact) mass is 367 g/mol. The summed E-state index contributed by atoms with van der Waals surface area (Å²) in [6.07, 6.45) is 1.12. The first kappa shape index (κ1) is 19.2. The molecule has 0 saturated carbocycles. The zero-order chi connectivity index (χ0) is 18.9. The van der Waals surface area contributed by atoms with Crippen LogP contribution in [0.1, 0.15) is 24.5 Å². The number of nitrogens with one attached hydrogen (secondary N) is 1. The van der Waals surface area contributed by atoms with Gasteiger partial charge in [-0.3, -0.25) is 0 Å². The molecule has 2 aromatic rings. The molecule has 3 rings (SSSR count). The van der Waals surface area contributed by atoms with Crippen molar-refractivity contribution in [2.24, 2.45) is 10.9 Å². The average molecular weight is 367 g/mol. The molecule has 0 bridgehead atoms. The maximum absolute atomic E-state index is 9.40. The van der Waals surface area contributed by atoms with Crippen molar-refractivity contribution in [3.63, 3.8) is 0 Å². The van der Waals surface area contributed by atoms with E-state index in [9.17, 15) is 5.11 Å². The highest BCUT2D eigenvalue weighted by atomic mass is 16.5. The first-order valence-electron chi connectivity index (χ1n) is 9.67. The van der Waals surface area contributed by atoms with Gasteiger partial charge in [-0.2, -0.15) is 0 Å². The predicted molar refractivity (Wildman–Crippen MR) is 109 cm³/mol. The number of phenols is 1. The third-order valence-corrected chi connectivity index (χ3v) is 4.73. The molecule has 2 N–H and O–H groups in total. The zero-order valence-corrected chi connectivity index (χ0v) is 16.0. The van der Waals surface area contributed by atoms with E-state index in [4.69, 9.17) is 9.73 Å². The highest BCUT2D eigenvalue weighted by Crippen LogP contribution is 2.18. The number of ether oxygens (including phenoxy) is 1. The number of benzene rings is 2. The average Bonchev–Trinajstić information content (AvgIpc) is 3.16. The fourth-order valence-corrected chi connectivity index (χ4v) is 3.27. The Hall–Kier alpha value is -2.53. The van der Waals surface area contributed by atoms with Crippen molar-refractivity contribution in [3.05, 3.63) is 65.7 Å². The van der Waals surface area contributed by atoms with Gasteiger partial charge in [-0.1, -0.05) is 42.5 Å². The first-order valence-corrected chi connectivity index (χ1v) is 9.67. The van der Waals surface area contributed by atoms with Crippen LogP contribution in [0.3, 0.4) is 0 Å². The van der Waals surface area contributed by atoms with Crippen molar-refractivity contribution in [2.75, 3.05) is 26.2 Å². The number of nitrogens with zero attached hydrogens (tertiary/aromatic N) is 2. The van der Waals surface area contributed by atoms with Gasteiger partial charge in [0.1, 0.15) is 5.75 Å². The summed E-state index contributed by atoms with van der Waals surface area (Å²) in [5, 5.41) is 12.8. The molecule has 5 heteroatoms. The van der Waals surface area contributed by atoms with E-state index in [1.807, 2.05) is 30.3 Å². The van der Waals surface area contributed by atoms with Gasteiger partial charge in [0, 0.05) is 25.6 Å². The zero-order valence-electron chi connectivity index (χ0n) is 16.0. The fourth-order valence-electron chi connectivity index (χ4n) is 3.27. The molecule has 144 valence electrons. The van der Waals surface area contributed by atoms with E-state index in [0.29, 0.717) is 19.1 Å². The van der Waals surface area contributed by atoms with Crippen LogP contribution in [0, 0.1) is 5.92 Å². The number of likely N-dealkylation sites (tertiary alicyclic amines) is 1. The molecule has 1 heterocycles. The third kappa shape index (κ3) is 6.00. The van der Waals surface area contributed by atoms with Crippen LogP contribution in [0.25, 0.3) is 0 Å². The predicted octanol–water partition coefficient (Wildman–Crippen LogP) is 3.40. The minimum atomic E-state index is 0.285. The Morgan fingerprint density at radius 1 is 1.15 bits per heavy atom. The van der Waals surface area contributed by atoms with Crippen molar-refractivity contribution in [2.45, 2.75) is 26.5 Å². The molecule has 1 saturated heterocycles. The number of rotatable bonds is 7. The van der Waals surface area contributed by atoms with Crippen LogP contribution in [0.2, 0.25) is 0 Å². The Kier molecular flexibility index (Phi) is 7.11. The fraction of sp³-hybridized carbons (Fsp3) is 0.409. The van der Waals surface area contributed by atoms with Crippen LogP contribution in [0.5, 0.6) is 5.75 Å². The van der Waals surface area contributed by atoms with Gasteiger partial charge in [-0.05, 0) is 36.6 Å². The summed E-state index contributed by atoms with van der Waals surface area (Å²) in [7, 11) is 0. The molecule has 1 atom stereocenters. The Bertz CT molecular complexity index is 716. The van der Waals surface area contributed by atoms with E-state index < -0.39 is 0 Å². The minimum Gasteiger partial charge on any atom is -0.508 e. The number of guanidine groups is 1. The molecule has 0 spiro atoms. The van der Waals surface area contributed by atoms with Crippen molar-refractivity contribution in [1.29, 1.82) is 0 Å². The minimum absolute atomic E-state index is 0.285. The number of aliphatic imine (C=N–C) groups is 1. The second-order valence-corrected chi connectivity index (χ2v) is 6.94. The van der Waals surface area contributed by atoms with E-state index >= 15 is 0 Å². The maximum Gasteiger partial charge on any atom is 0.194 e. The second-order valence-electron chi connectivity index (χ2n) is 6.94. The van der Waals surface area contributed by atoms with Gasteiger partial charge in [-0.15, -0.1) is 0 Å². The van der Waals surface area contributed by atoms with Crippen LogP contribution in [0.15, 0.2) is 59.6 Å². The quantitative estimate of drug-likeness (QED) is 0.582. The molecule has 0 amide bonds. The molecule has 1 aliphatic rings. The van der Waals surface area contributed by atoms with E-state index in [1.54, 1.807) is 12.1 Å². The van der Waals surface area contributed by atoms with E-state index in [1.165, 1.54) is 5.56 Å². The van der Waals surface area contributed by atoms with Gasteiger partial charge in [0.2, 0.25) is 0 Å². The van der Waals surface area contributed by atoms with E-state index in [2.05, 4.69) is 29.3 Å². The third-order valence-electron chi connectivity index (χ3n) is 4.73. The van der Waals surface area contributed by atoms with E-state index in [-0.39, 0.29) is 5.75 Å². The Morgan fingerprint density at radius 3 is 2.67 bits per heavy atom. The number of hydrogen-bond acceptors (Lipinski definition) is 3. The van der Waals surface area contributed by atoms with Gasteiger partial charge in [0.25, 0.3) is 0 Å². The summed E-state index contributed by atoms with van der Waals surface area (Å²) in [5.41, 5.74) is 2.31. The smallest absolute Gasteiger partial charge is 0.194 e. The van der Waals surface area contributed by atoms with Crippen LogP contribution >= 0.6 is 0 Å². The number of hydrogen-bond donors (Lipinski definition) is 2. The lowest BCUT2D eigenvalue weighted by molar-refractivity contribution is 0.0906. The van der Waals surface area contributed by atoms with Crippen molar-refractivity contribution >= 4 is 5.96 Å². The van der Waals surface area contributed by atoms with Gasteiger partial charge in [0.05, 0.1) is 19.8 Å². The summed E-state index contributed by atoms with van der Waals surface area (Å²) in [6, 6.07) is 17.5. The summed E-state index contributed by atoms with van der Waals surface area (Å²) in [6.45, 7) is 6.97. The van der Waals surface area contributed by atoms with E-state index in [0.717, 1.165) is 44.2 Å². The van der Waals surface area contributed by atoms with Crippen LogP contribution in [0.4, 0.5) is 0 Å². The molecule has 0 radical (unpaired) electrons. The largest absolute Gasteiger partial charge is 0.508 e. The van der Waals surface area contributed by atoms with Crippen LogP contribution in [-0.4, -0.2) is 42.2 Å². The lowest BCUT2D eigenvalue weighted by Gasteiger charge is -2.21. The number of phenolic OH excluding ortho intramolecular Hbond substituents is 1. The lowest BCUT2D eigenvalue weighted by Crippen LogP contribution is -2.40. The summed E-state index contributed by atoms with van der Waals surface area (Å²) in [5.74, 6) is 1.77. The second kappa shape index (κ2) is 9.97. The molecule has 0 aliphatic carbocycles. The molecule has 2 aromatic carbocycles. The first-order chi connectivity index (χ1) is 13.2. The van der Waals surface area contributed by atoms with Crippen molar-refractivity contribution in [1.82, 2.24) is 10.2 Å². The molecule has 1 unspecified atom stereocenters. The Labute approximate surface area is 161 Å². The van der Waals surface area contributed by atoms with Gasteiger partial charge in [-0.25, -0.2) is 4.99 Å². The van der Waals surface area contributed by atoms with Crippen LogP contribution in [-0.2, 0) is 17.9 Å². The molecular weight excluding hydrogens is 338 g/mol. The standard InChI is InChI=1S/C22H29N3O2/c1-2-23-22(24-14-18-8-10-21(26)11-9-18)25-13-12-20(15-25)17-27-16-19-6-4-3-5-7-19/h3-11,20,26H,2,12-17H2,1H3,(H,23,24). The van der Waals surface area contributed by atoms with Gasteiger partial charge >= 0.3 is 0 Å². The summed E-state index contributed by atoms with van der Waals surface area (Å²) >= 11 is 0. The van der Waals surface area contributed by atoms with Gasteiger partial charge in [0.15, 0.2) is 5.96 Å². The maximum atomic E-state index is 9.40. The normalized spacial score (nSPS) is 17.3. The molecule has 27 heavy (non-hydrogen) atoms. The lowest BCUT2D eigenvalue weighted by atomic mass is 10.1. The highest BCUT2D eigenvalue weighted by molar-refractivity contribution is 5.80. The SMILES string of the molecule is CCNC(=NCc1ccc(O)cc1)N1CCC(COCc2ccccc2)C1. The Balaban J connectivity index is 1.49. The summed E-state index contributed by atoms with van der Waals surface area (Å²) < 4.78 is 5.92. The molecule has 5 nitrogen and oxygen atoms in total. The highest BCUT2D eigenvalue weighted by Gasteiger charge is 2.25. The van der Waals surface area contributed by atoms with Crippen molar-refractivity contribution in [3.8, 4) is 5.75 Å². The molecule has 1 fully saturated rings. The topological polar surface area (TPSA) is 57.1 Å². The number of aromatic hydroxyl groups is 1. The summed E-state index contributed by atoms with van der Waals surface area (Å²) in [4.78, 5) is 7.09. The molecular formula is C22H29N3O2.